The summed E-state index contributed by atoms with van der Waals surface area (Å²) >= 11 is 7.03. The van der Waals surface area contributed by atoms with Crippen LogP contribution in [0, 0.1) is 0 Å². The summed E-state index contributed by atoms with van der Waals surface area (Å²) in [6.45, 7) is 0. The summed E-state index contributed by atoms with van der Waals surface area (Å²) in [7, 11) is 0. The molecule has 0 amide bonds. The number of halogens is 1. The Labute approximate surface area is 169 Å². The molecule has 0 aliphatic carbocycles. The van der Waals surface area contributed by atoms with Crippen LogP contribution in [-0.4, -0.2) is 15.7 Å². The van der Waals surface area contributed by atoms with Gasteiger partial charge in [-0.2, -0.15) is 0 Å². The number of rotatable bonds is 6. The first-order chi connectivity index (χ1) is 12.8. The normalized spacial score (nSPS) is 11.1. The first-order valence-corrected chi connectivity index (χ1v) is 11.1. The molecular weight excluding hydrogens is 424 g/mol. The molecule has 0 aliphatic heterocycles. The van der Waals surface area contributed by atoms with Gasteiger partial charge in [-0.05, 0) is 41.9 Å². The molecule has 0 unspecified atom stereocenters. The van der Waals surface area contributed by atoms with Crippen LogP contribution in [0.3, 0.4) is 0 Å². The van der Waals surface area contributed by atoms with E-state index < -0.39 is 0 Å². The van der Waals surface area contributed by atoms with Gasteiger partial charge in [0.15, 0.2) is 0 Å². The maximum absolute atomic E-state index is 4.58. The average molecular weight is 441 g/mol. The molecule has 0 fully saturated rings. The lowest BCUT2D eigenvalue weighted by Crippen LogP contribution is -1.90. The van der Waals surface area contributed by atoms with E-state index in [-0.39, 0.29) is 0 Å². The molecule has 0 saturated heterocycles. The van der Waals surface area contributed by atoms with E-state index in [1.807, 2.05) is 11.8 Å². The number of hydrogen-bond donors (Lipinski definition) is 0. The highest BCUT2D eigenvalue weighted by atomic mass is 79.9. The summed E-state index contributed by atoms with van der Waals surface area (Å²) in [5.74, 6) is 1.05. The molecule has 26 heavy (non-hydrogen) atoms. The van der Waals surface area contributed by atoms with Gasteiger partial charge >= 0.3 is 0 Å². The monoisotopic (exact) mass is 440 g/mol. The highest BCUT2D eigenvalue weighted by Crippen LogP contribution is 2.38. The molecule has 0 bridgehead atoms. The Kier molecular flexibility index (Phi) is 5.68. The van der Waals surface area contributed by atoms with Gasteiger partial charge in [-0.15, -0.1) is 23.1 Å². The molecule has 0 spiro atoms. The van der Waals surface area contributed by atoms with Crippen molar-refractivity contribution in [1.29, 1.82) is 0 Å². The van der Waals surface area contributed by atoms with Crippen molar-refractivity contribution in [2.45, 2.75) is 17.9 Å². The molecule has 4 aromatic rings. The molecule has 2 heterocycles. The summed E-state index contributed by atoms with van der Waals surface area (Å²) in [4.78, 5) is 10.1. The van der Waals surface area contributed by atoms with Crippen LogP contribution >= 0.6 is 39.0 Å². The van der Waals surface area contributed by atoms with E-state index in [4.69, 9.17) is 0 Å². The summed E-state index contributed by atoms with van der Waals surface area (Å²) < 4.78 is 1.09. The van der Waals surface area contributed by atoms with Crippen molar-refractivity contribution in [1.82, 2.24) is 9.97 Å². The second-order valence-electron chi connectivity index (χ2n) is 5.95. The van der Waals surface area contributed by atoms with Gasteiger partial charge in [0.05, 0.1) is 5.39 Å². The van der Waals surface area contributed by atoms with Crippen molar-refractivity contribution in [2.75, 3.05) is 5.75 Å². The Morgan fingerprint density at radius 1 is 0.962 bits per heavy atom. The van der Waals surface area contributed by atoms with Crippen LogP contribution in [0.1, 0.15) is 12.0 Å². The van der Waals surface area contributed by atoms with Crippen LogP contribution in [0.4, 0.5) is 0 Å². The zero-order chi connectivity index (χ0) is 17.8. The quantitative estimate of drug-likeness (QED) is 0.186. The third-order valence-corrected chi connectivity index (χ3v) is 6.67. The summed E-state index contributed by atoms with van der Waals surface area (Å²) in [6, 6.07) is 19.1. The van der Waals surface area contributed by atoms with E-state index in [0.717, 1.165) is 32.9 Å². The van der Waals surface area contributed by atoms with Gasteiger partial charge in [-0.25, -0.2) is 9.97 Å². The van der Waals surface area contributed by atoms with E-state index in [2.05, 4.69) is 85.9 Å². The first-order valence-electron chi connectivity index (χ1n) is 8.46. The van der Waals surface area contributed by atoms with Crippen molar-refractivity contribution in [3.8, 4) is 11.1 Å². The number of hydrogen-bond acceptors (Lipinski definition) is 4. The molecule has 2 aromatic carbocycles. The van der Waals surface area contributed by atoms with Crippen LogP contribution in [0.2, 0.25) is 0 Å². The Balaban J connectivity index is 1.53. The molecule has 0 aliphatic rings. The summed E-state index contributed by atoms with van der Waals surface area (Å²) in [5, 5.41) is 4.46. The number of aromatic nitrogens is 2. The van der Waals surface area contributed by atoms with E-state index in [0.29, 0.717) is 0 Å². The summed E-state index contributed by atoms with van der Waals surface area (Å²) in [6.07, 6.45) is 3.92. The first kappa shape index (κ1) is 17.7. The fourth-order valence-electron chi connectivity index (χ4n) is 2.89. The van der Waals surface area contributed by atoms with E-state index in [9.17, 15) is 0 Å². The van der Waals surface area contributed by atoms with Crippen molar-refractivity contribution in [2.24, 2.45) is 0 Å². The van der Waals surface area contributed by atoms with Crippen LogP contribution in [-0.2, 0) is 6.42 Å². The molecule has 4 rings (SSSR count). The van der Waals surface area contributed by atoms with Crippen molar-refractivity contribution in [3.63, 3.8) is 0 Å². The summed E-state index contributed by atoms with van der Waals surface area (Å²) in [5.41, 5.74) is 3.83. The number of fused-ring (bicyclic) bond motifs is 1. The standard InChI is InChI=1S/C21H17BrN2S2/c22-17-10-8-16(9-11-17)18-13-26-21-19(18)20(23-14-24-21)25-12-4-7-15-5-2-1-3-6-15/h1-3,5-6,8-11,13-14H,4,7,12H2. The molecule has 0 N–H and O–H groups in total. The number of aryl methyl sites for hydroxylation is 1. The molecule has 5 heteroatoms. The lowest BCUT2D eigenvalue weighted by atomic mass is 10.1. The van der Waals surface area contributed by atoms with Crippen LogP contribution in [0.5, 0.6) is 0 Å². The minimum atomic E-state index is 1.05. The van der Waals surface area contributed by atoms with E-state index in [1.54, 1.807) is 17.7 Å². The number of thioether (sulfide) groups is 1. The highest BCUT2D eigenvalue weighted by Gasteiger charge is 2.13. The fraction of sp³-hybridized carbons (Fsp3) is 0.143. The average Bonchev–Trinajstić information content (AvgIpc) is 3.12. The van der Waals surface area contributed by atoms with Crippen LogP contribution < -0.4 is 0 Å². The third-order valence-electron chi connectivity index (χ3n) is 4.18. The smallest absolute Gasteiger partial charge is 0.128 e. The van der Waals surface area contributed by atoms with Gasteiger partial charge in [0.25, 0.3) is 0 Å². The van der Waals surface area contributed by atoms with Crippen LogP contribution in [0.15, 0.2) is 75.8 Å². The van der Waals surface area contributed by atoms with Crippen LogP contribution in [0.25, 0.3) is 21.3 Å². The van der Waals surface area contributed by atoms with E-state index >= 15 is 0 Å². The maximum atomic E-state index is 4.58. The molecule has 0 atom stereocenters. The van der Waals surface area contributed by atoms with Gasteiger partial charge in [0, 0.05) is 15.4 Å². The SMILES string of the molecule is Brc1ccc(-c2csc3ncnc(SCCCc4ccccc4)c23)cc1. The third kappa shape index (κ3) is 4.00. The minimum absolute atomic E-state index is 1.05. The van der Waals surface area contributed by atoms with Crippen molar-refractivity contribution in [3.05, 3.63) is 76.3 Å². The largest absolute Gasteiger partial charge is 0.229 e. The zero-order valence-corrected chi connectivity index (χ0v) is 17.3. The van der Waals surface area contributed by atoms with Gasteiger partial charge in [0.2, 0.25) is 0 Å². The molecule has 0 saturated carbocycles. The number of thiophene rings is 1. The lowest BCUT2D eigenvalue weighted by molar-refractivity contribution is 0.931. The second-order valence-corrected chi connectivity index (χ2v) is 8.81. The van der Waals surface area contributed by atoms with E-state index in [1.165, 1.54) is 22.1 Å². The minimum Gasteiger partial charge on any atom is -0.229 e. The van der Waals surface area contributed by atoms with Gasteiger partial charge in [0.1, 0.15) is 16.2 Å². The molecule has 130 valence electrons. The fourth-order valence-corrected chi connectivity index (χ4v) is 5.09. The topological polar surface area (TPSA) is 25.8 Å². The van der Waals surface area contributed by atoms with Gasteiger partial charge in [-0.1, -0.05) is 58.4 Å². The maximum Gasteiger partial charge on any atom is 0.128 e. The highest BCUT2D eigenvalue weighted by molar-refractivity contribution is 9.10. The van der Waals surface area contributed by atoms with Crippen molar-refractivity contribution >= 4 is 49.2 Å². The predicted molar refractivity (Wildman–Crippen MR) is 116 cm³/mol. The Hall–Kier alpha value is -1.69. The number of benzene rings is 2. The number of nitrogens with zero attached hydrogens (tertiary/aromatic N) is 2. The zero-order valence-electron chi connectivity index (χ0n) is 14.1. The second kappa shape index (κ2) is 8.33. The lowest BCUT2D eigenvalue weighted by Gasteiger charge is -2.06. The molecular formula is C21H17BrN2S2. The Bertz CT molecular complexity index is 998. The van der Waals surface area contributed by atoms with Gasteiger partial charge < -0.3 is 0 Å². The predicted octanol–water partition coefficient (Wildman–Crippen LogP) is 6.85. The molecule has 0 radical (unpaired) electrons. The van der Waals surface area contributed by atoms with Crippen molar-refractivity contribution < 1.29 is 0 Å². The van der Waals surface area contributed by atoms with Gasteiger partial charge in [-0.3, -0.25) is 0 Å². The molecule has 2 nitrogen and oxygen atoms in total. The Morgan fingerprint density at radius 2 is 1.77 bits per heavy atom. The Morgan fingerprint density at radius 3 is 2.58 bits per heavy atom. The molecule has 2 aromatic heterocycles.